The van der Waals surface area contributed by atoms with E-state index in [2.05, 4.69) is 6.58 Å². The summed E-state index contributed by atoms with van der Waals surface area (Å²) in [5, 5.41) is 67.9. The van der Waals surface area contributed by atoms with Gasteiger partial charge in [-0.25, -0.2) is 4.79 Å². The van der Waals surface area contributed by atoms with Crippen molar-refractivity contribution in [2.24, 2.45) is 17.8 Å². The molecule has 1 saturated carbocycles. The van der Waals surface area contributed by atoms with Gasteiger partial charge in [-0.05, 0) is 92.5 Å². The SMILES string of the molecule is C=C1C[C@@H](C[C@@H](C)[C@@H](CO)S(=O)(=O)O)OC(=O)[C@H]2C=CC[C@H](O2)[C@H]2C[C@]3(O)[C@H](O)[C@@H](C)CC[C@@H]3[C@@]3(O2)O[C@@H](c2cc(C)cc(O)c23)[C@@H]2CC=C[C@@H](O2)[C@@H]2CC[C@H](O2)[C@@H]2O[C@H]2[C@H]2O[C@H]1[C@@H](O)[C@@H]2O. The van der Waals surface area contributed by atoms with Crippen molar-refractivity contribution >= 4 is 16.1 Å². The molecule has 0 aromatic heterocycles. The number of aliphatic hydroxyl groups excluding tert-OH is 4. The Morgan fingerprint density at radius 2 is 1.60 bits per heavy atom. The number of esters is 1. The molecule has 370 valence electrons. The van der Waals surface area contributed by atoms with E-state index in [0.29, 0.717) is 43.2 Å². The van der Waals surface area contributed by atoms with E-state index in [1.165, 1.54) is 13.0 Å². The second-order valence-electron chi connectivity index (χ2n) is 20.6. The van der Waals surface area contributed by atoms with E-state index in [1.807, 2.05) is 32.1 Å². The molecule has 1 aromatic carbocycles. The van der Waals surface area contributed by atoms with E-state index in [-0.39, 0.29) is 55.1 Å². The van der Waals surface area contributed by atoms with Crippen LogP contribution in [-0.4, -0.2) is 159 Å². The van der Waals surface area contributed by atoms with E-state index >= 15 is 0 Å². The van der Waals surface area contributed by atoms with Crippen LogP contribution in [-0.2, 0) is 58.6 Å². The van der Waals surface area contributed by atoms with Gasteiger partial charge in [-0.2, -0.15) is 8.42 Å². The fourth-order valence-corrected chi connectivity index (χ4v) is 13.6. The number of ether oxygens (including phenoxy) is 8. The van der Waals surface area contributed by atoms with Crippen LogP contribution in [0.5, 0.6) is 5.75 Å². The summed E-state index contributed by atoms with van der Waals surface area (Å²) in [6, 6.07) is 3.55. The molecule has 10 rings (SSSR count). The van der Waals surface area contributed by atoms with E-state index in [4.69, 9.17) is 37.9 Å². The molecule has 18 nitrogen and oxygen atoms in total. The van der Waals surface area contributed by atoms with Gasteiger partial charge < -0.3 is 68.5 Å². The van der Waals surface area contributed by atoms with E-state index in [1.54, 1.807) is 12.1 Å². The first kappa shape index (κ1) is 47.8. The van der Waals surface area contributed by atoms with Crippen LogP contribution in [0, 0.1) is 24.7 Å². The summed E-state index contributed by atoms with van der Waals surface area (Å²) in [4.78, 5) is 14.3. The standard InChI is InChI=1S/C48H64O18S/c1-21-15-26-37(27(50)16-21)48-36-14-11-22(2)45(53)47(36,55)19-34(65-48)29-8-6-10-33(62-29)46(54)59-25(17-23(3)35(20-49)67(56,57)58)18-24(4)40-38(51)39(52)43(63-40)44-42(64-44)32-13-12-30(61-32)28-7-5-9-31(60-28)41(26)66-48/h5-7,10,15-16,22-23,25,28-36,38-45,49-53,55H,4,8-9,11-14,17-20H2,1-3H3,(H,56,57,58)/t22-,23+,25+,28+,29-,30-,31-,32-,33+,34+,35+,36-,38-,39-,40+,41-,42-,43-,44+,45+,47+,48+/m0/s1. The number of fused-ring (bicyclic) bond motifs is 19. The van der Waals surface area contributed by atoms with Gasteiger partial charge in [0.25, 0.3) is 10.1 Å². The van der Waals surface area contributed by atoms with Crippen LogP contribution in [0.3, 0.4) is 0 Å². The van der Waals surface area contributed by atoms with E-state index < -0.39 is 137 Å². The number of benzene rings is 1. The van der Waals surface area contributed by atoms with Crippen molar-refractivity contribution in [1.82, 2.24) is 0 Å². The summed E-state index contributed by atoms with van der Waals surface area (Å²) in [7, 11) is -4.73. The van der Waals surface area contributed by atoms with Gasteiger partial charge in [-0.15, -0.1) is 0 Å². The summed E-state index contributed by atoms with van der Waals surface area (Å²) < 4.78 is 87.3. The Bertz CT molecular complexity index is 2250. The highest BCUT2D eigenvalue weighted by Crippen LogP contribution is 2.63. The highest BCUT2D eigenvalue weighted by Gasteiger charge is 2.69. The fourth-order valence-electron chi connectivity index (χ4n) is 12.7. The van der Waals surface area contributed by atoms with Gasteiger partial charge in [-0.3, -0.25) is 4.55 Å². The minimum absolute atomic E-state index is 0.102. The van der Waals surface area contributed by atoms with Crippen molar-refractivity contribution in [2.75, 3.05) is 6.61 Å². The average Bonchev–Trinajstić information content (AvgIpc) is 3.61. The molecule has 0 amide bonds. The number of phenols is 1. The first-order valence-electron chi connectivity index (χ1n) is 23.8. The number of aryl methyl sites for hydroxylation is 1. The lowest BCUT2D eigenvalue weighted by Gasteiger charge is -2.58. The molecule has 6 fully saturated rings. The van der Waals surface area contributed by atoms with Crippen LogP contribution < -0.4 is 0 Å². The monoisotopic (exact) mass is 960 g/mol. The Morgan fingerprint density at radius 1 is 0.851 bits per heavy atom. The molecule has 0 unspecified atom stereocenters. The minimum Gasteiger partial charge on any atom is -0.507 e. The maximum atomic E-state index is 14.3. The third kappa shape index (κ3) is 8.35. The number of phenolic OH excluding ortho intramolecular Hbond substituents is 1. The van der Waals surface area contributed by atoms with Crippen LogP contribution in [0.25, 0.3) is 0 Å². The summed E-state index contributed by atoms with van der Waals surface area (Å²) in [5.74, 6) is -4.90. The number of carbonyl (C=O) groups is 1. The van der Waals surface area contributed by atoms with Crippen LogP contribution in [0.1, 0.15) is 94.4 Å². The zero-order chi connectivity index (χ0) is 47.5. The van der Waals surface area contributed by atoms with Gasteiger partial charge in [0.2, 0.25) is 5.79 Å². The van der Waals surface area contributed by atoms with Gasteiger partial charge in [0.15, 0.2) is 6.10 Å². The van der Waals surface area contributed by atoms with Gasteiger partial charge in [0, 0.05) is 18.8 Å². The van der Waals surface area contributed by atoms with Crippen molar-refractivity contribution in [3.05, 3.63) is 65.3 Å². The highest BCUT2D eigenvalue weighted by atomic mass is 32.2. The molecule has 8 aliphatic heterocycles. The van der Waals surface area contributed by atoms with Crippen LogP contribution in [0.15, 0.2) is 48.6 Å². The quantitative estimate of drug-likeness (QED) is 0.0733. The first-order chi connectivity index (χ1) is 31.8. The van der Waals surface area contributed by atoms with Gasteiger partial charge in [-0.1, -0.05) is 44.7 Å². The van der Waals surface area contributed by atoms with Crippen molar-refractivity contribution < 1.29 is 86.3 Å². The van der Waals surface area contributed by atoms with E-state index in [0.717, 1.165) is 5.56 Å². The number of hydrogen-bond acceptors (Lipinski definition) is 17. The molecule has 19 heteroatoms. The maximum absolute atomic E-state index is 14.3. The molecule has 1 aliphatic carbocycles. The molecule has 8 heterocycles. The lowest BCUT2D eigenvalue weighted by atomic mass is 9.61. The van der Waals surface area contributed by atoms with Crippen molar-refractivity contribution in [1.29, 1.82) is 0 Å². The number of aliphatic hydroxyl groups is 5. The molecule has 11 bridgehead atoms. The zero-order valence-corrected chi connectivity index (χ0v) is 38.6. The Labute approximate surface area is 389 Å². The lowest BCUT2D eigenvalue weighted by Crippen LogP contribution is -2.68. The maximum Gasteiger partial charge on any atom is 0.339 e. The van der Waals surface area contributed by atoms with Crippen molar-refractivity contribution in [2.45, 2.75) is 193 Å². The zero-order valence-electron chi connectivity index (χ0n) is 37.8. The van der Waals surface area contributed by atoms with Crippen molar-refractivity contribution in [3.63, 3.8) is 0 Å². The molecular formula is C48H64O18S. The van der Waals surface area contributed by atoms with Crippen LogP contribution >= 0.6 is 0 Å². The minimum atomic E-state index is -4.73. The summed E-state index contributed by atoms with van der Waals surface area (Å²) in [6.45, 7) is 8.43. The molecule has 5 saturated heterocycles. The molecule has 7 N–H and O–H groups in total. The molecule has 22 atom stereocenters. The fraction of sp³-hybridized carbons (Fsp3) is 0.729. The van der Waals surface area contributed by atoms with Gasteiger partial charge >= 0.3 is 5.97 Å². The van der Waals surface area contributed by atoms with Gasteiger partial charge in [0.1, 0.15) is 71.5 Å². The number of rotatable bonds is 5. The number of aromatic hydroxyl groups is 1. The largest absolute Gasteiger partial charge is 0.507 e. The number of cyclic esters (lactones) is 1. The third-order valence-corrected chi connectivity index (χ3v) is 17.5. The normalized spacial score (nSPS) is 46.9. The number of carbonyl (C=O) groups excluding carboxylic acids is 1. The Balaban J connectivity index is 1.02. The summed E-state index contributed by atoms with van der Waals surface area (Å²) in [6.07, 6.45) is -4.79. The molecular weight excluding hydrogens is 897 g/mol. The second kappa shape index (κ2) is 17.8. The van der Waals surface area contributed by atoms with Crippen LogP contribution in [0.2, 0.25) is 0 Å². The first-order valence-corrected chi connectivity index (χ1v) is 25.3. The second-order valence-corrected chi connectivity index (χ2v) is 22.3. The Morgan fingerprint density at radius 3 is 2.36 bits per heavy atom. The van der Waals surface area contributed by atoms with Crippen LogP contribution in [0.4, 0.5) is 0 Å². The number of epoxide rings is 1. The molecule has 1 aromatic rings. The molecule has 9 aliphatic rings. The highest BCUT2D eigenvalue weighted by molar-refractivity contribution is 7.86. The smallest absolute Gasteiger partial charge is 0.339 e. The summed E-state index contributed by atoms with van der Waals surface area (Å²) in [5.41, 5.74) is 0.132. The predicted octanol–water partition coefficient (Wildman–Crippen LogP) is 2.23. The Kier molecular flexibility index (Phi) is 12.7. The van der Waals surface area contributed by atoms with E-state index in [9.17, 15) is 48.4 Å². The average molecular weight is 961 g/mol. The molecule has 1 spiro atoms. The predicted molar refractivity (Wildman–Crippen MR) is 233 cm³/mol. The van der Waals surface area contributed by atoms with Gasteiger partial charge in [0.05, 0.1) is 48.8 Å². The topological polar surface area (TPSA) is 270 Å². The Hall–Kier alpha value is -2.86. The third-order valence-electron chi connectivity index (χ3n) is 16.2. The molecule has 0 radical (unpaired) electrons. The lowest BCUT2D eigenvalue weighted by molar-refractivity contribution is -0.394. The molecule has 67 heavy (non-hydrogen) atoms. The number of hydrogen-bond donors (Lipinski definition) is 7. The van der Waals surface area contributed by atoms with Crippen molar-refractivity contribution in [3.8, 4) is 5.75 Å². The summed E-state index contributed by atoms with van der Waals surface area (Å²) >= 11 is 0.